The van der Waals surface area contributed by atoms with Crippen LogP contribution in [0, 0.1) is 0 Å². The summed E-state index contributed by atoms with van der Waals surface area (Å²) >= 11 is 0. The van der Waals surface area contributed by atoms with Gasteiger partial charge in [-0.3, -0.25) is 0 Å². The van der Waals surface area contributed by atoms with Crippen molar-refractivity contribution in [3.05, 3.63) is 108 Å². The Labute approximate surface area is 279 Å². The minimum Gasteiger partial charge on any atom is -0.456 e. The van der Waals surface area contributed by atoms with Crippen LogP contribution in [-0.4, -0.2) is 25.3 Å². The molecule has 4 aliphatic heterocycles. The number of hydrogen-bond donors (Lipinski definition) is 0. The topological polar surface area (TPSA) is 26.8 Å². The number of fused-ring (bicyclic) bond motifs is 9. The molecule has 8 heterocycles. The Bertz CT molecular complexity index is 2700. The van der Waals surface area contributed by atoms with E-state index in [0.29, 0.717) is 0 Å². The fraction of sp³-hybridized carbons (Fsp3) is 0.171. The first-order chi connectivity index (χ1) is 23.1. The van der Waals surface area contributed by atoms with E-state index in [-0.39, 0.29) is 0 Å². The lowest BCUT2D eigenvalue weighted by atomic mass is 9.82. The van der Waals surface area contributed by atoms with E-state index >= 15 is 0 Å². The normalized spacial score (nSPS) is 15.6. The molecule has 0 N–H and O–H groups in total. The van der Waals surface area contributed by atoms with Crippen LogP contribution < -0.4 is 24.2 Å². The van der Waals surface area contributed by atoms with Gasteiger partial charge < -0.3 is 4.74 Å². The molecule has 230 valence electrons. The molecule has 0 saturated carbocycles. The maximum atomic E-state index is 7.06. The van der Waals surface area contributed by atoms with Crippen molar-refractivity contribution in [2.75, 3.05) is 0 Å². The molecule has 8 aromatic rings. The largest absolute Gasteiger partial charge is 0.456 e. The molecule has 0 aliphatic carbocycles. The maximum absolute atomic E-state index is 7.06. The molecule has 5 nitrogen and oxygen atoms in total. The Morgan fingerprint density at radius 1 is 0.521 bits per heavy atom. The van der Waals surface area contributed by atoms with Gasteiger partial charge in [-0.25, -0.2) is 0 Å². The SMILES string of the molecule is C[Si](C)(C)c1cc2[n+]3c(c1)-n1c4ccccc4c4ccc5c(c41)C31c3c(ccc4c6ccccc6n(c34)-c3cc([Si](C)(C)C)cc-2[n+]31)O5. The highest BCUT2D eigenvalue weighted by molar-refractivity contribution is 6.89. The summed E-state index contributed by atoms with van der Waals surface area (Å²) in [6, 6.07) is 37.1. The Hall–Kier alpha value is -4.99. The van der Waals surface area contributed by atoms with Crippen LogP contribution in [0.5, 0.6) is 11.5 Å². The number of nitrogens with zero attached hydrogens (tertiary/aromatic N) is 4. The van der Waals surface area contributed by atoms with Gasteiger partial charge >= 0.3 is 5.66 Å². The number of para-hydroxylation sites is 2. The predicted molar refractivity (Wildman–Crippen MR) is 199 cm³/mol. The smallest absolute Gasteiger partial charge is 0.323 e. The lowest BCUT2D eigenvalue weighted by molar-refractivity contribution is -0.934. The molecule has 0 amide bonds. The third-order valence-electron chi connectivity index (χ3n) is 11.7. The first-order valence-corrected chi connectivity index (χ1v) is 24.1. The average molecular weight is 655 g/mol. The number of ether oxygens (including phenoxy) is 1. The van der Waals surface area contributed by atoms with Crippen LogP contribution in [0.2, 0.25) is 39.3 Å². The Kier molecular flexibility index (Phi) is 4.16. The van der Waals surface area contributed by atoms with E-state index < -0.39 is 21.8 Å². The number of pyridine rings is 2. The van der Waals surface area contributed by atoms with E-state index in [0.717, 1.165) is 11.5 Å². The van der Waals surface area contributed by atoms with Crippen molar-refractivity contribution in [3.63, 3.8) is 0 Å². The summed E-state index contributed by atoms with van der Waals surface area (Å²) in [6.45, 7) is 14.9. The standard InChI is InChI=1S/C41H34N4OSi2/c1-47(2,3)23-19-31-32-20-24(48(4,5)6)22-36-43-30-14-10-8-12-26(30)28-16-18-34-38(40(28)43)41(45(32)36)37-33(46-34)17-15-27-25-11-7-9-13-29(25)42(39(27)37)35(21-23)44(31)41/h7-22H,1-6H3/q+2. The maximum Gasteiger partial charge on any atom is 0.323 e. The predicted octanol–water partition coefficient (Wildman–Crippen LogP) is 7.56. The molecule has 0 radical (unpaired) electrons. The second-order valence-corrected chi connectivity index (χ2v) is 26.4. The monoisotopic (exact) mass is 654 g/mol. The summed E-state index contributed by atoms with van der Waals surface area (Å²) in [5.74, 6) is 4.39. The molecule has 0 unspecified atom stereocenters. The summed E-state index contributed by atoms with van der Waals surface area (Å²) in [6.07, 6.45) is 0. The molecule has 4 aliphatic rings. The van der Waals surface area contributed by atoms with Crippen molar-refractivity contribution in [1.82, 2.24) is 9.13 Å². The molecular weight excluding hydrogens is 621 g/mol. The molecule has 7 heteroatoms. The van der Waals surface area contributed by atoms with Gasteiger partial charge in [0.1, 0.15) is 33.7 Å². The molecule has 0 saturated heterocycles. The first kappa shape index (κ1) is 26.0. The van der Waals surface area contributed by atoms with Crippen LogP contribution in [0.25, 0.3) is 66.6 Å². The molecule has 4 aromatic heterocycles. The zero-order chi connectivity index (χ0) is 32.2. The average Bonchev–Trinajstić information content (AvgIpc) is 3.69. The second-order valence-electron chi connectivity index (χ2n) is 16.3. The van der Waals surface area contributed by atoms with Crippen LogP contribution >= 0.6 is 0 Å². The molecule has 1 spiro atoms. The molecule has 12 rings (SSSR count). The second kappa shape index (κ2) is 7.67. The van der Waals surface area contributed by atoms with Gasteiger partial charge in [-0.05, 0) is 71.0 Å². The number of benzene rings is 4. The van der Waals surface area contributed by atoms with Crippen molar-refractivity contribution in [3.8, 4) is 34.5 Å². The third-order valence-corrected chi connectivity index (χ3v) is 15.7. The van der Waals surface area contributed by atoms with Crippen LogP contribution in [-0.2, 0) is 5.66 Å². The van der Waals surface area contributed by atoms with E-state index in [9.17, 15) is 0 Å². The van der Waals surface area contributed by atoms with E-state index in [1.807, 2.05) is 0 Å². The molecule has 0 atom stereocenters. The van der Waals surface area contributed by atoms with Gasteiger partial charge in [0.05, 0.1) is 16.1 Å². The highest BCUT2D eigenvalue weighted by atomic mass is 28.3. The zero-order valence-electron chi connectivity index (χ0n) is 27.9. The third kappa shape index (κ3) is 2.60. The van der Waals surface area contributed by atoms with E-state index in [4.69, 9.17) is 4.74 Å². The minimum absolute atomic E-state index is 0.637. The van der Waals surface area contributed by atoms with Crippen LogP contribution in [0.1, 0.15) is 11.1 Å². The summed E-state index contributed by atoms with van der Waals surface area (Å²) in [5.41, 5.74) is 9.49. The van der Waals surface area contributed by atoms with Crippen molar-refractivity contribution >= 4 is 70.1 Å². The van der Waals surface area contributed by atoms with Crippen molar-refractivity contribution < 1.29 is 13.9 Å². The molecule has 48 heavy (non-hydrogen) atoms. The number of rotatable bonds is 2. The number of aromatic nitrogens is 4. The van der Waals surface area contributed by atoms with Gasteiger partial charge in [0.15, 0.2) is 22.4 Å². The molecule has 4 aromatic carbocycles. The van der Waals surface area contributed by atoms with E-state index in [1.54, 1.807) is 0 Å². The summed E-state index contributed by atoms with van der Waals surface area (Å²) < 4.78 is 17.6. The lowest BCUT2D eigenvalue weighted by Gasteiger charge is -2.39. The van der Waals surface area contributed by atoms with Gasteiger partial charge in [-0.1, -0.05) is 63.5 Å². The molecular formula is C41H34N4OSi2+2. The lowest BCUT2D eigenvalue weighted by Crippen LogP contribution is -2.76. The van der Waals surface area contributed by atoms with Crippen LogP contribution in [0.3, 0.4) is 0 Å². The highest BCUT2D eigenvalue weighted by Crippen LogP contribution is 2.58. The summed E-state index contributed by atoms with van der Waals surface area (Å²) in [5, 5.41) is 8.09. The minimum atomic E-state index is -1.74. The fourth-order valence-electron chi connectivity index (χ4n) is 9.60. The van der Waals surface area contributed by atoms with E-state index in [2.05, 4.69) is 155 Å². The molecule has 0 fully saturated rings. The Morgan fingerprint density at radius 3 is 1.40 bits per heavy atom. The first-order valence-electron chi connectivity index (χ1n) is 17.1. The van der Waals surface area contributed by atoms with E-state index in [1.165, 1.54) is 88.1 Å². The van der Waals surface area contributed by atoms with Crippen LogP contribution in [0.15, 0.2) is 97.1 Å². The van der Waals surface area contributed by atoms with Gasteiger partial charge in [0, 0.05) is 33.7 Å². The van der Waals surface area contributed by atoms with Crippen molar-refractivity contribution in [2.45, 2.75) is 44.9 Å². The summed E-state index contributed by atoms with van der Waals surface area (Å²) in [4.78, 5) is 0. The van der Waals surface area contributed by atoms with Crippen molar-refractivity contribution in [1.29, 1.82) is 0 Å². The Balaban J connectivity index is 1.44. The summed E-state index contributed by atoms with van der Waals surface area (Å²) in [7, 11) is -3.48. The van der Waals surface area contributed by atoms with Gasteiger partial charge in [0.2, 0.25) is 0 Å². The van der Waals surface area contributed by atoms with Gasteiger partial charge in [-0.15, -0.1) is 0 Å². The fourth-order valence-corrected chi connectivity index (χ4v) is 11.9. The number of hydrogen-bond acceptors (Lipinski definition) is 1. The van der Waals surface area contributed by atoms with Crippen LogP contribution in [0.4, 0.5) is 0 Å². The van der Waals surface area contributed by atoms with Gasteiger partial charge in [0.25, 0.3) is 11.6 Å². The highest BCUT2D eigenvalue weighted by Gasteiger charge is 2.69. The van der Waals surface area contributed by atoms with Gasteiger partial charge in [-0.2, -0.15) is 18.3 Å². The zero-order valence-corrected chi connectivity index (χ0v) is 29.9. The van der Waals surface area contributed by atoms with Crippen molar-refractivity contribution in [2.24, 2.45) is 0 Å². The Morgan fingerprint density at radius 2 is 0.958 bits per heavy atom. The molecule has 0 bridgehead atoms. The quantitative estimate of drug-likeness (QED) is 0.140.